The molecule has 0 spiro atoms. The minimum atomic E-state index is 0.159. The van der Waals surface area contributed by atoms with Crippen LogP contribution in [0.5, 0.6) is 0 Å². The number of carbonyl (C=O) groups excluding carboxylic acids is 1. The summed E-state index contributed by atoms with van der Waals surface area (Å²) < 4.78 is 2.01. The molecular weight excluding hydrogens is 288 g/mol. The molecule has 2 aliphatic heterocycles. The van der Waals surface area contributed by atoms with E-state index < -0.39 is 0 Å². The molecule has 1 atom stereocenters. The van der Waals surface area contributed by atoms with E-state index in [1.54, 1.807) is 6.20 Å². The number of hydrogen-bond acceptors (Lipinski definition) is 3. The molecule has 1 saturated heterocycles. The maximum atomic E-state index is 13.0. The first-order valence-corrected chi connectivity index (χ1v) is 8.57. The molecule has 4 heterocycles. The van der Waals surface area contributed by atoms with Gasteiger partial charge in [-0.05, 0) is 49.8 Å². The second-order valence-electron chi connectivity index (χ2n) is 6.56. The zero-order valence-electron chi connectivity index (χ0n) is 13.3. The van der Waals surface area contributed by atoms with Crippen LogP contribution in [0.15, 0.2) is 30.7 Å². The Bertz CT molecular complexity index is 694. The van der Waals surface area contributed by atoms with E-state index in [-0.39, 0.29) is 5.91 Å². The van der Waals surface area contributed by atoms with Gasteiger partial charge in [0, 0.05) is 37.9 Å². The number of fused-ring (bicyclic) bond motifs is 1. The van der Waals surface area contributed by atoms with E-state index in [1.807, 2.05) is 22.0 Å². The molecule has 1 fully saturated rings. The van der Waals surface area contributed by atoms with Gasteiger partial charge in [-0.15, -0.1) is 0 Å². The van der Waals surface area contributed by atoms with Crippen LogP contribution in [0.2, 0.25) is 0 Å². The molecule has 0 saturated carbocycles. The summed E-state index contributed by atoms with van der Waals surface area (Å²) in [6.07, 6.45) is 10.9. The minimum absolute atomic E-state index is 0.159. The highest BCUT2D eigenvalue weighted by atomic mass is 16.2. The standard InChI is InChI=1S/C18H22N4O/c23-18(16-12-20-22-11-2-1-5-17(16)22)21-10-3-4-15(13-21)14-6-8-19-9-7-14/h6-9,12,15H,1-5,10-11,13H2/t15-/m1/s1. The smallest absolute Gasteiger partial charge is 0.257 e. The molecule has 2 aliphatic rings. The van der Waals surface area contributed by atoms with Crippen LogP contribution in [0.4, 0.5) is 0 Å². The Morgan fingerprint density at radius 3 is 2.87 bits per heavy atom. The molecule has 5 heteroatoms. The molecule has 0 N–H and O–H groups in total. The molecule has 5 nitrogen and oxygen atoms in total. The van der Waals surface area contributed by atoms with E-state index in [0.29, 0.717) is 5.92 Å². The zero-order valence-corrected chi connectivity index (χ0v) is 13.3. The molecule has 0 bridgehead atoms. The molecule has 120 valence electrons. The second kappa shape index (κ2) is 6.14. The van der Waals surface area contributed by atoms with Crippen LogP contribution in [0.3, 0.4) is 0 Å². The Hall–Kier alpha value is -2.17. The van der Waals surface area contributed by atoms with Gasteiger partial charge in [-0.2, -0.15) is 5.10 Å². The summed E-state index contributed by atoms with van der Waals surface area (Å²) in [6, 6.07) is 4.14. The van der Waals surface area contributed by atoms with E-state index in [4.69, 9.17) is 0 Å². The highest BCUT2D eigenvalue weighted by Crippen LogP contribution is 2.28. The summed E-state index contributed by atoms with van der Waals surface area (Å²) in [5.74, 6) is 0.578. The maximum Gasteiger partial charge on any atom is 0.257 e. The Morgan fingerprint density at radius 2 is 2.00 bits per heavy atom. The molecule has 0 aromatic carbocycles. The highest BCUT2D eigenvalue weighted by molar-refractivity contribution is 5.95. The Labute approximate surface area is 136 Å². The van der Waals surface area contributed by atoms with Crippen molar-refractivity contribution >= 4 is 5.91 Å². The monoisotopic (exact) mass is 310 g/mol. The number of nitrogens with zero attached hydrogens (tertiary/aromatic N) is 4. The molecule has 0 unspecified atom stereocenters. The first-order valence-electron chi connectivity index (χ1n) is 8.57. The van der Waals surface area contributed by atoms with E-state index >= 15 is 0 Å². The molecule has 2 aromatic heterocycles. The summed E-state index contributed by atoms with van der Waals surface area (Å²) in [4.78, 5) is 19.1. The van der Waals surface area contributed by atoms with Gasteiger partial charge in [0.05, 0.1) is 17.5 Å². The lowest BCUT2D eigenvalue weighted by Crippen LogP contribution is -2.39. The molecule has 0 radical (unpaired) electrons. The molecule has 23 heavy (non-hydrogen) atoms. The predicted octanol–water partition coefficient (Wildman–Crippen LogP) is 2.63. The zero-order chi connectivity index (χ0) is 15.6. The number of aryl methyl sites for hydroxylation is 1. The van der Waals surface area contributed by atoms with Gasteiger partial charge in [0.25, 0.3) is 5.91 Å². The van der Waals surface area contributed by atoms with Gasteiger partial charge in [-0.3, -0.25) is 14.5 Å². The van der Waals surface area contributed by atoms with Gasteiger partial charge in [-0.25, -0.2) is 0 Å². The van der Waals surface area contributed by atoms with Crippen molar-refractivity contribution in [3.05, 3.63) is 47.5 Å². The van der Waals surface area contributed by atoms with Crippen LogP contribution in [0.25, 0.3) is 0 Å². The summed E-state index contributed by atoms with van der Waals surface area (Å²) in [6.45, 7) is 2.60. The van der Waals surface area contributed by atoms with Gasteiger partial charge in [-0.1, -0.05) is 0 Å². The lowest BCUT2D eigenvalue weighted by atomic mass is 9.91. The van der Waals surface area contributed by atoms with Gasteiger partial charge >= 0.3 is 0 Å². The Kier molecular flexibility index (Phi) is 3.85. The number of likely N-dealkylation sites (tertiary alicyclic amines) is 1. The van der Waals surface area contributed by atoms with Crippen molar-refractivity contribution in [3.8, 4) is 0 Å². The lowest BCUT2D eigenvalue weighted by Gasteiger charge is -2.33. The summed E-state index contributed by atoms with van der Waals surface area (Å²) >= 11 is 0. The number of pyridine rings is 1. The van der Waals surface area contributed by atoms with E-state index in [0.717, 1.165) is 63.0 Å². The third-order valence-corrected chi connectivity index (χ3v) is 5.10. The molecular formula is C18H22N4O. The van der Waals surface area contributed by atoms with E-state index in [9.17, 15) is 4.79 Å². The van der Waals surface area contributed by atoms with Crippen LogP contribution in [-0.2, 0) is 13.0 Å². The molecule has 2 aromatic rings. The number of carbonyl (C=O) groups is 1. The van der Waals surface area contributed by atoms with Crippen LogP contribution >= 0.6 is 0 Å². The number of amides is 1. The van der Waals surface area contributed by atoms with Crippen molar-refractivity contribution in [1.29, 1.82) is 0 Å². The quantitative estimate of drug-likeness (QED) is 0.857. The topological polar surface area (TPSA) is 51.0 Å². The van der Waals surface area contributed by atoms with Gasteiger partial charge in [0.15, 0.2) is 0 Å². The van der Waals surface area contributed by atoms with Crippen LogP contribution < -0.4 is 0 Å². The first kappa shape index (κ1) is 14.4. The Morgan fingerprint density at radius 1 is 1.13 bits per heavy atom. The minimum Gasteiger partial charge on any atom is -0.338 e. The third-order valence-electron chi connectivity index (χ3n) is 5.10. The summed E-state index contributed by atoms with van der Waals surface area (Å²) in [5, 5.41) is 4.41. The van der Waals surface area contributed by atoms with Gasteiger partial charge < -0.3 is 4.90 Å². The number of rotatable bonds is 2. The average Bonchev–Trinajstić information content (AvgIpc) is 3.06. The number of hydrogen-bond donors (Lipinski definition) is 0. The van der Waals surface area contributed by atoms with Crippen molar-refractivity contribution in [1.82, 2.24) is 19.7 Å². The van der Waals surface area contributed by atoms with Crippen LogP contribution in [0, 0.1) is 0 Å². The Balaban J connectivity index is 1.53. The fourth-order valence-electron chi connectivity index (χ4n) is 3.84. The molecule has 4 rings (SSSR count). The van der Waals surface area contributed by atoms with E-state index in [2.05, 4.69) is 22.2 Å². The lowest BCUT2D eigenvalue weighted by molar-refractivity contribution is 0.0705. The normalized spacial score (nSPS) is 21.0. The van der Waals surface area contributed by atoms with E-state index in [1.165, 1.54) is 5.56 Å². The maximum absolute atomic E-state index is 13.0. The fraction of sp³-hybridized carbons (Fsp3) is 0.500. The van der Waals surface area contributed by atoms with Crippen molar-refractivity contribution in [2.45, 2.75) is 44.6 Å². The van der Waals surface area contributed by atoms with Crippen molar-refractivity contribution < 1.29 is 4.79 Å². The second-order valence-corrected chi connectivity index (χ2v) is 6.56. The van der Waals surface area contributed by atoms with Gasteiger partial charge in [0.1, 0.15) is 0 Å². The molecule has 1 amide bonds. The van der Waals surface area contributed by atoms with Crippen molar-refractivity contribution in [2.75, 3.05) is 13.1 Å². The van der Waals surface area contributed by atoms with Crippen molar-refractivity contribution in [3.63, 3.8) is 0 Å². The number of piperidine rings is 1. The average molecular weight is 310 g/mol. The van der Waals surface area contributed by atoms with Gasteiger partial charge in [0.2, 0.25) is 0 Å². The van der Waals surface area contributed by atoms with Crippen molar-refractivity contribution in [2.24, 2.45) is 0 Å². The molecule has 0 aliphatic carbocycles. The highest BCUT2D eigenvalue weighted by Gasteiger charge is 2.28. The third kappa shape index (κ3) is 2.76. The fourth-order valence-corrected chi connectivity index (χ4v) is 3.84. The van der Waals surface area contributed by atoms with Crippen LogP contribution in [-0.4, -0.2) is 38.7 Å². The first-order chi connectivity index (χ1) is 11.3. The summed E-state index contributed by atoms with van der Waals surface area (Å²) in [7, 11) is 0. The van der Waals surface area contributed by atoms with Crippen LogP contribution in [0.1, 0.15) is 53.2 Å². The largest absolute Gasteiger partial charge is 0.338 e. The summed E-state index contributed by atoms with van der Waals surface area (Å²) in [5.41, 5.74) is 3.24. The SMILES string of the molecule is O=C(c1cnn2c1CCCC2)N1CCC[C@@H](c2ccncc2)C1. The predicted molar refractivity (Wildman–Crippen MR) is 87.3 cm³/mol. The number of aromatic nitrogens is 3.